The van der Waals surface area contributed by atoms with E-state index in [1.165, 1.54) is 27.9 Å². The Labute approximate surface area is 98.7 Å². The first-order chi connectivity index (χ1) is 7.82. The first kappa shape index (κ1) is 13.3. The fraction of sp³-hybridized carbons (Fsp3) is 0.417. The Morgan fingerprint density at radius 1 is 1.35 bits per heavy atom. The lowest BCUT2D eigenvalue weighted by molar-refractivity contribution is -0.138. The number of rotatable bonds is 3. The van der Waals surface area contributed by atoms with E-state index in [1.807, 2.05) is 0 Å². The van der Waals surface area contributed by atoms with E-state index < -0.39 is 17.7 Å². The molecule has 0 aliphatic carbocycles. The van der Waals surface area contributed by atoms with Crippen LogP contribution in [0.2, 0.25) is 0 Å². The minimum Gasteiger partial charge on any atom is -0.504 e. The van der Waals surface area contributed by atoms with Crippen molar-refractivity contribution in [1.29, 1.82) is 0 Å². The summed E-state index contributed by atoms with van der Waals surface area (Å²) in [6, 6.07) is 0. The van der Waals surface area contributed by atoms with Gasteiger partial charge >= 0.3 is 5.97 Å². The van der Waals surface area contributed by atoms with Crippen molar-refractivity contribution in [1.82, 2.24) is 0 Å². The summed E-state index contributed by atoms with van der Waals surface area (Å²) in [5.41, 5.74) is 0.358. The average Bonchev–Trinajstić information content (AvgIpc) is 2.27. The van der Waals surface area contributed by atoms with Gasteiger partial charge in [-0.1, -0.05) is 0 Å². The molecule has 1 atom stereocenters. The smallest absolute Gasteiger partial charge is 0.310 e. The van der Waals surface area contributed by atoms with Gasteiger partial charge in [0.1, 0.15) is 5.82 Å². The monoisotopic (exact) mass is 242 g/mol. The zero-order valence-electron chi connectivity index (χ0n) is 10.2. The van der Waals surface area contributed by atoms with Crippen LogP contribution < -0.4 is 4.74 Å². The molecule has 0 saturated heterocycles. The molecule has 0 aliphatic heterocycles. The van der Waals surface area contributed by atoms with Gasteiger partial charge in [0.2, 0.25) is 0 Å². The van der Waals surface area contributed by atoms with Gasteiger partial charge in [0, 0.05) is 11.1 Å². The van der Waals surface area contributed by atoms with Crippen molar-refractivity contribution < 1.29 is 24.1 Å². The number of carbonyl (C=O) groups is 1. The van der Waals surface area contributed by atoms with Crippen molar-refractivity contribution in [3.05, 3.63) is 22.5 Å². The third kappa shape index (κ3) is 2.05. The summed E-state index contributed by atoms with van der Waals surface area (Å²) in [6.07, 6.45) is 0. The Kier molecular flexibility index (Phi) is 3.60. The van der Waals surface area contributed by atoms with Crippen molar-refractivity contribution in [3.8, 4) is 11.5 Å². The first-order valence-electron chi connectivity index (χ1n) is 5.11. The molecule has 1 rings (SSSR count). The van der Waals surface area contributed by atoms with Gasteiger partial charge in [-0.3, -0.25) is 4.79 Å². The zero-order valence-corrected chi connectivity index (χ0v) is 10.2. The Hall–Kier alpha value is -1.78. The molecule has 0 amide bonds. The summed E-state index contributed by atoms with van der Waals surface area (Å²) in [5.74, 6) is -3.01. The van der Waals surface area contributed by atoms with E-state index in [1.54, 1.807) is 0 Å². The summed E-state index contributed by atoms with van der Waals surface area (Å²) >= 11 is 0. The van der Waals surface area contributed by atoms with Gasteiger partial charge in [-0.25, -0.2) is 4.39 Å². The molecule has 0 saturated carbocycles. The number of ether oxygens (including phenoxy) is 1. The molecule has 2 N–H and O–H groups in total. The van der Waals surface area contributed by atoms with E-state index in [0.717, 1.165) is 0 Å². The third-order valence-corrected chi connectivity index (χ3v) is 2.88. The zero-order chi connectivity index (χ0) is 13.3. The van der Waals surface area contributed by atoms with Gasteiger partial charge in [0.05, 0.1) is 13.0 Å². The Bertz CT molecular complexity index is 468. The maximum Gasteiger partial charge on any atom is 0.310 e. The predicted octanol–water partition coefficient (Wildman–Crippen LogP) is 2.34. The molecular weight excluding hydrogens is 227 g/mol. The lowest BCUT2D eigenvalue weighted by Crippen LogP contribution is -2.11. The number of aromatic hydroxyl groups is 1. The van der Waals surface area contributed by atoms with Crippen LogP contribution in [0.3, 0.4) is 0 Å². The molecule has 4 nitrogen and oxygen atoms in total. The number of phenols is 1. The van der Waals surface area contributed by atoms with E-state index in [9.17, 15) is 14.3 Å². The van der Waals surface area contributed by atoms with Gasteiger partial charge in [-0.05, 0) is 26.3 Å². The molecule has 0 aromatic heterocycles. The van der Waals surface area contributed by atoms with Crippen LogP contribution in [0.5, 0.6) is 11.5 Å². The van der Waals surface area contributed by atoms with E-state index in [2.05, 4.69) is 0 Å². The molecule has 94 valence electrons. The summed E-state index contributed by atoms with van der Waals surface area (Å²) in [7, 11) is 1.30. The standard InChI is InChI=1S/C12H15FO4/c1-5-8(6(2)12(15)16)10(14)11(17-4)7(3)9(5)13/h6,14H,1-4H3,(H,15,16). The quantitative estimate of drug-likeness (QED) is 0.853. The van der Waals surface area contributed by atoms with Gasteiger partial charge in [0.25, 0.3) is 0 Å². The van der Waals surface area contributed by atoms with Crippen molar-refractivity contribution in [2.24, 2.45) is 0 Å². The predicted molar refractivity (Wildman–Crippen MR) is 60.1 cm³/mol. The maximum atomic E-state index is 13.9. The van der Waals surface area contributed by atoms with Crippen molar-refractivity contribution in [2.45, 2.75) is 26.7 Å². The summed E-state index contributed by atoms with van der Waals surface area (Å²) in [6.45, 7) is 4.30. The molecule has 0 bridgehead atoms. The lowest BCUT2D eigenvalue weighted by Gasteiger charge is -2.18. The summed E-state index contributed by atoms with van der Waals surface area (Å²) < 4.78 is 18.8. The number of halogens is 1. The fourth-order valence-electron chi connectivity index (χ4n) is 1.88. The van der Waals surface area contributed by atoms with Crippen LogP contribution in [0.15, 0.2) is 0 Å². The number of phenolic OH excluding ortho intramolecular Hbond substituents is 1. The molecule has 0 aliphatic rings. The molecule has 0 fully saturated rings. The highest BCUT2D eigenvalue weighted by molar-refractivity contribution is 5.78. The van der Waals surface area contributed by atoms with Gasteiger partial charge in [-0.2, -0.15) is 0 Å². The largest absolute Gasteiger partial charge is 0.504 e. The minimum absolute atomic E-state index is 0.0174. The van der Waals surface area contributed by atoms with Gasteiger partial charge in [-0.15, -0.1) is 0 Å². The van der Waals surface area contributed by atoms with Crippen molar-refractivity contribution >= 4 is 5.97 Å². The summed E-state index contributed by atoms with van der Waals surface area (Å²) in [4.78, 5) is 10.9. The minimum atomic E-state index is -1.13. The summed E-state index contributed by atoms with van der Waals surface area (Å²) in [5, 5.41) is 18.9. The molecular formula is C12H15FO4. The van der Waals surface area contributed by atoms with Crippen LogP contribution >= 0.6 is 0 Å². The third-order valence-electron chi connectivity index (χ3n) is 2.88. The second kappa shape index (κ2) is 4.61. The number of benzene rings is 1. The first-order valence-corrected chi connectivity index (χ1v) is 5.11. The van der Waals surface area contributed by atoms with Gasteiger partial charge < -0.3 is 14.9 Å². The van der Waals surface area contributed by atoms with Crippen LogP contribution in [0.1, 0.15) is 29.5 Å². The Morgan fingerprint density at radius 3 is 2.29 bits per heavy atom. The second-order valence-corrected chi connectivity index (χ2v) is 3.92. The number of carboxylic acid groups (broad SMARTS) is 1. The lowest BCUT2D eigenvalue weighted by atomic mass is 9.92. The molecule has 1 unspecified atom stereocenters. The van der Waals surface area contributed by atoms with Crippen LogP contribution in [0, 0.1) is 19.7 Å². The Balaban J connectivity index is 3.61. The Morgan fingerprint density at radius 2 is 1.88 bits per heavy atom. The van der Waals surface area contributed by atoms with Crippen LogP contribution in [-0.4, -0.2) is 23.3 Å². The number of aliphatic carboxylic acids is 1. The second-order valence-electron chi connectivity index (χ2n) is 3.92. The highest BCUT2D eigenvalue weighted by Crippen LogP contribution is 2.41. The van der Waals surface area contributed by atoms with Crippen molar-refractivity contribution in [3.63, 3.8) is 0 Å². The number of hydrogen-bond donors (Lipinski definition) is 2. The van der Waals surface area contributed by atoms with Crippen molar-refractivity contribution in [2.75, 3.05) is 7.11 Å². The number of carboxylic acids is 1. The van der Waals surface area contributed by atoms with Crippen LogP contribution in [-0.2, 0) is 4.79 Å². The molecule has 0 heterocycles. The number of methoxy groups -OCH3 is 1. The molecule has 17 heavy (non-hydrogen) atoms. The molecule has 5 heteroatoms. The highest BCUT2D eigenvalue weighted by Gasteiger charge is 2.27. The van der Waals surface area contributed by atoms with E-state index in [-0.39, 0.29) is 28.2 Å². The SMILES string of the molecule is COc1c(C)c(F)c(C)c(C(C)C(=O)O)c1O. The number of hydrogen-bond acceptors (Lipinski definition) is 3. The van der Waals surface area contributed by atoms with E-state index >= 15 is 0 Å². The topological polar surface area (TPSA) is 66.8 Å². The fourth-order valence-corrected chi connectivity index (χ4v) is 1.88. The normalized spacial score (nSPS) is 12.3. The molecule has 1 aromatic rings. The molecule has 0 radical (unpaired) electrons. The highest BCUT2D eigenvalue weighted by atomic mass is 19.1. The van der Waals surface area contributed by atoms with Crippen LogP contribution in [0.4, 0.5) is 4.39 Å². The van der Waals surface area contributed by atoms with E-state index in [0.29, 0.717) is 0 Å². The molecule has 0 spiro atoms. The maximum absolute atomic E-state index is 13.9. The molecule has 1 aromatic carbocycles. The average molecular weight is 242 g/mol. The van der Waals surface area contributed by atoms with Gasteiger partial charge in [0.15, 0.2) is 11.5 Å². The van der Waals surface area contributed by atoms with Crippen LogP contribution in [0.25, 0.3) is 0 Å². The van der Waals surface area contributed by atoms with E-state index in [4.69, 9.17) is 9.84 Å².